The van der Waals surface area contributed by atoms with Gasteiger partial charge in [0.1, 0.15) is 0 Å². The van der Waals surface area contributed by atoms with Crippen LogP contribution in [0.2, 0.25) is 5.15 Å². The molecule has 0 unspecified atom stereocenters. The fraction of sp³-hybridized carbons (Fsp3) is 0.0769. The first kappa shape index (κ1) is 12.4. The van der Waals surface area contributed by atoms with Crippen LogP contribution in [-0.4, -0.2) is 10.9 Å². The van der Waals surface area contributed by atoms with Crippen LogP contribution < -0.4 is 11.1 Å². The molecule has 92 valence electrons. The van der Waals surface area contributed by atoms with Gasteiger partial charge in [-0.3, -0.25) is 4.79 Å². The van der Waals surface area contributed by atoms with Crippen LogP contribution in [0, 0.1) is 0 Å². The zero-order valence-electron chi connectivity index (χ0n) is 9.56. The first-order valence-corrected chi connectivity index (χ1v) is 5.78. The van der Waals surface area contributed by atoms with Gasteiger partial charge >= 0.3 is 0 Å². The second-order valence-electron chi connectivity index (χ2n) is 3.81. The highest BCUT2D eigenvalue weighted by Crippen LogP contribution is 2.17. The molecule has 1 aromatic carbocycles. The molecule has 0 saturated carbocycles. The van der Waals surface area contributed by atoms with Gasteiger partial charge in [0, 0.05) is 11.9 Å². The van der Waals surface area contributed by atoms with Gasteiger partial charge in [0.2, 0.25) is 5.91 Å². The molecule has 1 amide bonds. The fourth-order valence-electron chi connectivity index (χ4n) is 1.56. The maximum Gasteiger partial charge on any atom is 0.228 e. The van der Waals surface area contributed by atoms with E-state index in [0.29, 0.717) is 11.4 Å². The molecule has 2 aromatic rings. The number of pyridine rings is 1. The van der Waals surface area contributed by atoms with Crippen LogP contribution in [0.15, 0.2) is 42.6 Å². The van der Waals surface area contributed by atoms with Crippen molar-refractivity contribution < 1.29 is 4.79 Å². The number of benzene rings is 1. The average Bonchev–Trinajstić information content (AvgIpc) is 2.32. The Labute approximate surface area is 110 Å². The van der Waals surface area contributed by atoms with Crippen molar-refractivity contribution in [2.24, 2.45) is 0 Å². The van der Waals surface area contributed by atoms with Crippen LogP contribution in [0.5, 0.6) is 0 Å². The lowest BCUT2D eigenvalue weighted by Crippen LogP contribution is -2.15. The van der Waals surface area contributed by atoms with E-state index in [1.54, 1.807) is 30.5 Å². The summed E-state index contributed by atoms with van der Waals surface area (Å²) >= 11 is 5.85. The summed E-state index contributed by atoms with van der Waals surface area (Å²) < 4.78 is 0. The number of anilines is 2. The van der Waals surface area contributed by atoms with Crippen LogP contribution in [0.25, 0.3) is 0 Å². The molecular weight excluding hydrogens is 250 g/mol. The van der Waals surface area contributed by atoms with Crippen molar-refractivity contribution in [3.05, 3.63) is 53.3 Å². The molecule has 5 heteroatoms. The summed E-state index contributed by atoms with van der Waals surface area (Å²) in [6.45, 7) is 0. The Hall–Kier alpha value is -2.07. The number of nitrogens with two attached hydrogens (primary N) is 1. The number of halogens is 1. The SMILES string of the molecule is Nc1cccc(CC(=O)Nc2cccnc2Cl)c1. The van der Waals surface area contributed by atoms with Gasteiger partial charge in [0.05, 0.1) is 12.1 Å². The number of rotatable bonds is 3. The number of hydrogen-bond donors (Lipinski definition) is 2. The van der Waals surface area contributed by atoms with E-state index in [-0.39, 0.29) is 17.5 Å². The Morgan fingerprint density at radius 2 is 2.17 bits per heavy atom. The largest absolute Gasteiger partial charge is 0.399 e. The second kappa shape index (κ2) is 5.51. The topological polar surface area (TPSA) is 68.0 Å². The highest BCUT2D eigenvalue weighted by molar-refractivity contribution is 6.32. The van der Waals surface area contributed by atoms with Gasteiger partial charge in [-0.2, -0.15) is 0 Å². The first-order chi connectivity index (χ1) is 8.65. The number of carbonyl (C=O) groups is 1. The van der Waals surface area contributed by atoms with Crippen LogP contribution in [0.4, 0.5) is 11.4 Å². The molecular formula is C13H12ClN3O. The molecule has 0 aliphatic rings. The van der Waals surface area contributed by atoms with Crippen molar-refractivity contribution in [3.63, 3.8) is 0 Å². The summed E-state index contributed by atoms with van der Waals surface area (Å²) in [5.74, 6) is -0.157. The lowest BCUT2D eigenvalue weighted by atomic mass is 10.1. The summed E-state index contributed by atoms with van der Waals surface area (Å²) in [6.07, 6.45) is 1.81. The lowest BCUT2D eigenvalue weighted by Gasteiger charge is -2.06. The fourth-order valence-corrected chi connectivity index (χ4v) is 1.73. The summed E-state index contributed by atoms with van der Waals surface area (Å²) in [6, 6.07) is 10.6. The molecule has 0 bridgehead atoms. The predicted octanol–water partition coefficient (Wildman–Crippen LogP) is 2.50. The minimum Gasteiger partial charge on any atom is -0.399 e. The molecule has 2 rings (SSSR count). The van der Waals surface area contributed by atoms with E-state index in [1.165, 1.54) is 0 Å². The highest BCUT2D eigenvalue weighted by Gasteiger charge is 2.07. The van der Waals surface area contributed by atoms with E-state index < -0.39 is 0 Å². The zero-order valence-corrected chi connectivity index (χ0v) is 10.3. The zero-order chi connectivity index (χ0) is 13.0. The Morgan fingerprint density at radius 1 is 1.33 bits per heavy atom. The number of hydrogen-bond acceptors (Lipinski definition) is 3. The quantitative estimate of drug-likeness (QED) is 0.659. The van der Waals surface area contributed by atoms with Crippen LogP contribution in [-0.2, 0) is 11.2 Å². The third-order valence-corrected chi connectivity index (χ3v) is 2.65. The molecule has 1 aromatic heterocycles. The molecule has 0 radical (unpaired) electrons. The Bertz CT molecular complexity index is 572. The predicted molar refractivity (Wildman–Crippen MR) is 72.4 cm³/mol. The van der Waals surface area contributed by atoms with Crippen LogP contribution in [0.1, 0.15) is 5.56 Å². The van der Waals surface area contributed by atoms with E-state index in [0.717, 1.165) is 5.56 Å². The van der Waals surface area contributed by atoms with Crippen molar-refractivity contribution in [2.75, 3.05) is 11.1 Å². The molecule has 0 aliphatic heterocycles. The van der Waals surface area contributed by atoms with E-state index in [9.17, 15) is 4.79 Å². The molecule has 0 atom stereocenters. The van der Waals surface area contributed by atoms with Crippen LogP contribution >= 0.6 is 11.6 Å². The van der Waals surface area contributed by atoms with Crippen molar-refractivity contribution in [1.29, 1.82) is 0 Å². The Morgan fingerprint density at radius 3 is 2.89 bits per heavy atom. The average molecular weight is 262 g/mol. The normalized spacial score (nSPS) is 10.1. The lowest BCUT2D eigenvalue weighted by molar-refractivity contribution is -0.115. The van der Waals surface area contributed by atoms with Gasteiger partial charge in [-0.1, -0.05) is 23.7 Å². The number of nitrogens with zero attached hydrogens (tertiary/aromatic N) is 1. The highest BCUT2D eigenvalue weighted by atomic mass is 35.5. The maximum absolute atomic E-state index is 11.8. The second-order valence-corrected chi connectivity index (χ2v) is 4.17. The summed E-state index contributed by atoms with van der Waals surface area (Å²) in [5.41, 5.74) is 7.65. The van der Waals surface area contributed by atoms with Crippen molar-refractivity contribution in [1.82, 2.24) is 4.98 Å². The molecule has 0 saturated heterocycles. The van der Waals surface area contributed by atoms with Crippen molar-refractivity contribution >= 4 is 28.9 Å². The summed E-state index contributed by atoms with van der Waals surface area (Å²) in [7, 11) is 0. The third-order valence-electron chi connectivity index (χ3n) is 2.35. The van der Waals surface area contributed by atoms with Gasteiger partial charge in [-0.15, -0.1) is 0 Å². The minimum absolute atomic E-state index is 0.157. The summed E-state index contributed by atoms with van der Waals surface area (Å²) in [4.78, 5) is 15.7. The monoisotopic (exact) mass is 261 g/mol. The standard InChI is InChI=1S/C13H12ClN3O/c14-13-11(5-2-6-16-13)17-12(18)8-9-3-1-4-10(15)7-9/h1-7H,8,15H2,(H,17,18). The minimum atomic E-state index is -0.157. The van der Waals surface area contributed by atoms with E-state index in [1.807, 2.05) is 12.1 Å². The molecule has 0 aliphatic carbocycles. The molecule has 3 N–H and O–H groups in total. The number of amides is 1. The molecule has 0 spiro atoms. The van der Waals surface area contributed by atoms with Gasteiger partial charge in [-0.05, 0) is 29.8 Å². The number of nitrogens with one attached hydrogen (secondary N) is 1. The summed E-state index contributed by atoms with van der Waals surface area (Å²) in [5, 5.41) is 2.98. The number of aromatic nitrogens is 1. The molecule has 1 heterocycles. The van der Waals surface area contributed by atoms with Crippen molar-refractivity contribution in [2.45, 2.75) is 6.42 Å². The molecule has 0 fully saturated rings. The first-order valence-electron chi connectivity index (χ1n) is 5.40. The number of nitrogen functional groups attached to an aromatic ring is 1. The Balaban J connectivity index is 2.03. The van der Waals surface area contributed by atoms with Gasteiger partial charge in [0.25, 0.3) is 0 Å². The van der Waals surface area contributed by atoms with E-state index in [4.69, 9.17) is 17.3 Å². The molecule has 4 nitrogen and oxygen atoms in total. The number of carbonyl (C=O) groups excluding carboxylic acids is 1. The van der Waals surface area contributed by atoms with Gasteiger partial charge < -0.3 is 11.1 Å². The molecule has 18 heavy (non-hydrogen) atoms. The van der Waals surface area contributed by atoms with E-state index >= 15 is 0 Å². The van der Waals surface area contributed by atoms with E-state index in [2.05, 4.69) is 10.3 Å². The van der Waals surface area contributed by atoms with Crippen molar-refractivity contribution in [3.8, 4) is 0 Å². The van der Waals surface area contributed by atoms with Gasteiger partial charge in [0.15, 0.2) is 5.15 Å². The maximum atomic E-state index is 11.8. The van der Waals surface area contributed by atoms with Crippen LogP contribution in [0.3, 0.4) is 0 Å². The third kappa shape index (κ3) is 3.21. The Kier molecular flexibility index (Phi) is 3.79. The smallest absolute Gasteiger partial charge is 0.228 e. The van der Waals surface area contributed by atoms with Gasteiger partial charge in [-0.25, -0.2) is 4.98 Å².